The molecule has 1 amide bonds. The topological polar surface area (TPSA) is 66.8 Å². The zero-order valence-corrected chi connectivity index (χ0v) is 9.91. The first kappa shape index (κ1) is 12.4. The lowest BCUT2D eigenvalue weighted by Gasteiger charge is -2.34. The number of nitrogens with zero attached hydrogens (tertiary/aromatic N) is 1. The molecule has 96 valence electrons. The summed E-state index contributed by atoms with van der Waals surface area (Å²) in [5.74, 6) is -0.896. The summed E-state index contributed by atoms with van der Waals surface area (Å²) in [7, 11) is 0. The second-order valence-electron chi connectivity index (χ2n) is 4.27. The van der Waals surface area contributed by atoms with Gasteiger partial charge in [0.05, 0.1) is 13.0 Å². The van der Waals surface area contributed by atoms with E-state index in [0.29, 0.717) is 19.6 Å². The van der Waals surface area contributed by atoms with Crippen LogP contribution in [-0.4, -0.2) is 34.7 Å². The molecule has 1 saturated heterocycles. The summed E-state index contributed by atoms with van der Waals surface area (Å²) in [5.41, 5.74) is 0.965. The summed E-state index contributed by atoms with van der Waals surface area (Å²) in [6.45, 7) is 0.680. The molecule has 1 N–H and O–H groups in total. The molecule has 1 unspecified atom stereocenters. The van der Waals surface area contributed by atoms with Gasteiger partial charge in [0.2, 0.25) is 0 Å². The molecule has 1 aliphatic heterocycles. The summed E-state index contributed by atoms with van der Waals surface area (Å²) in [6.07, 6.45) is 0.0867. The smallest absolute Gasteiger partial charge is 0.410 e. The number of carbonyl (C=O) groups excluding carboxylic acids is 1. The lowest BCUT2D eigenvalue weighted by atomic mass is 10.1. The predicted molar refractivity (Wildman–Crippen MR) is 64.0 cm³/mol. The van der Waals surface area contributed by atoms with Crippen molar-refractivity contribution in [3.05, 3.63) is 35.9 Å². The Morgan fingerprint density at radius 1 is 1.39 bits per heavy atom. The Kier molecular flexibility index (Phi) is 3.82. The van der Waals surface area contributed by atoms with E-state index in [4.69, 9.17) is 9.84 Å². The predicted octanol–water partition coefficient (Wildman–Crippen LogP) is 1.87. The maximum atomic E-state index is 11.7. The molecule has 0 spiro atoms. The van der Waals surface area contributed by atoms with Crippen molar-refractivity contribution in [2.45, 2.75) is 25.4 Å². The van der Waals surface area contributed by atoms with Gasteiger partial charge in [-0.05, 0) is 5.56 Å². The number of benzene rings is 1. The third-order valence-corrected chi connectivity index (χ3v) is 2.96. The fourth-order valence-electron chi connectivity index (χ4n) is 2.06. The first-order valence-electron chi connectivity index (χ1n) is 5.86. The average molecular weight is 249 g/mol. The maximum Gasteiger partial charge on any atom is 0.410 e. The highest BCUT2D eigenvalue weighted by Crippen LogP contribution is 2.19. The van der Waals surface area contributed by atoms with Crippen LogP contribution in [0.25, 0.3) is 0 Å². The zero-order valence-electron chi connectivity index (χ0n) is 9.91. The van der Waals surface area contributed by atoms with Gasteiger partial charge in [0.1, 0.15) is 0 Å². The van der Waals surface area contributed by atoms with Crippen molar-refractivity contribution >= 4 is 12.1 Å². The van der Waals surface area contributed by atoms with E-state index in [1.807, 2.05) is 30.3 Å². The molecule has 0 aromatic heterocycles. The van der Waals surface area contributed by atoms with Gasteiger partial charge in [0.15, 0.2) is 0 Å². The van der Waals surface area contributed by atoms with Crippen molar-refractivity contribution in [3.63, 3.8) is 0 Å². The van der Waals surface area contributed by atoms with Crippen LogP contribution >= 0.6 is 0 Å². The van der Waals surface area contributed by atoms with Crippen molar-refractivity contribution in [2.24, 2.45) is 0 Å². The van der Waals surface area contributed by atoms with Crippen LogP contribution in [0, 0.1) is 0 Å². The number of aliphatic carboxylic acids is 1. The maximum absolute atomic E-state index is 11.7. The van der Waals surface area contributed by atoms with E-state index in [1.54, 1.807) is 0 Å². The van der Waals surface area contributed by atoms with E-state index in [9.17, 15) is 9.59 Å². The fraction of sp³-hybridized carbons (Fsp3) is 0.385. The number of rotatable bonds is 4. The SMILES string of the molecule is O=C(O)CC1CCOC(=O)N1Cc1ccccc1. The van der Waals surface area contributed by atoms with Gasteiger partial charge in [0, 0.05) is 19.0 Å². The van der Waals surface area contributed by atoms with Crippen LogP contribution in [0.5, 0.6) is 0 Å². The van der Waals surface area contributed by atoms with Crippen LogP contribution in [0.1, 0.15) is 18.4 Å². The number of carbonyl (C=O) groups is 2. The second kappa shape index (κ2) is 5.53. The molecule has 1 fully saturated rings. The van der Waals surface area contributed by atoms with Crippen LogP contribution in [0.2, 0.25) is 0 Å². The monoisotopic (exact) mass is 249 g/mol. The fourth-order valence-corrected chi connectivity index (χ4v) is 2.06. The Bertz CT molecular complexity index is 432. The first-order chi connectivity index (χ1) is 8.66. The van der Waals surface area contributed by atoms with E-state index in [1.165, 1.54) is 4.90 Å². The van der Waals surface area contributed by atoms with Gasteiger partial charge < -0.3 is 14.7 Å². The van der Waals surface area contributed by atoms with Crippen LogP contribution in [-0.2, 0) is 16.1 Å². The largest absolute Gasteiger partial charge is 0.481 e. The zero-order chi connectivity index (χ0) is 13.0. The summed E-state index contributed by atoms with van der Waals surface area (Å²) in [4.78, 5) is 24.0. The molecule has 1 aromatic rings. The van der Waals surface area contributed by atoms with Gasteiger partial charge in [-0.2, -0.15) is 0 Å². The Hall–Kier alpha value is -2.04. The highest BCUT2D eigenvalue weighted by atomic mass is 16.6. The van der Waals surface area contributed by atoms with E-state index < -0.39 is 12.1 Å². The molecular weight excluding hydrogens is 234 g/mol. The lowest BCUT2D eigenvalue weighted by Crippen LogP contribution is -2.46. The molecule has 1 heterocycles. The minimum absolute atomic E-state index is 0.0397. The standard InChI is InChI=1S/C13H15NO4/c15-12(16)8-11-6-7-18-13(17)14(11)9-10-4-2-1-3-5-10/h1-5,11H,6-9H2,(H,15,16). The van der Waals surface area contributed by atoms with Crippen LogP contribution in [0.4, 0.5) is 4.79 Å². The number of cyclic esters (lactones) is 1. The molecule has 2 rings (SSSR count). The molecular formula is C13H15NO4. The minimum Gasteiger partial charge on any atom is -0.481 e. The molecule has 0 aliphatic carbocycles. The highest BCUT2D eigenvalue weighted by molar-refractivity contribution is 5.72. The molecule has 0 bridgehead atoms. The molecule has 1 aliphatic rings. The number of hydrogen-bond donors (Lipinski definition) is 1. The van der Waals surface area contributed by atoms with Crippen molar-refractivity contribution in [3.8, 4) is 0 Å². The van der Waals surface area contributed by atoms with E-state index >= 15 is 0 Å². The van der Waals surface area contributed by atoms with E-state index in [0.717, 1.165) is 5.56 Å². The van der Waals surface area contributed by atoms with Gasteiger partial charge in [-0.15, -0.1) is 0 Å². The summed E-state index contributed by atoms with van der Waals surface area (Å²) >= 11 is 0. The van der Waals surface area contributed by atoms with Gasteiger partial charge >= 0.3 is 12.1 Å². The number of amides is 1. The molecule has 1 aromatic carbocycles. The van der Waals surface area contributed by atoms with Gasteiger partial charge in [-0.3, -0.25) is 4.79 Å². The quantitative estimate of drug-likeness (QED) is 0.884. The number of ether oxygens (including phenoxy) is 1. The van der Waals surface area contributed by atoms with Crippen molar-refractivity contribution in [2.75, 3.05) is 6.61 Å². The summed E-state index contributed by atoms with van der Waals surface area (Å²) in [5, 5.41) is 8.86. The van der Waals surface area contributed by atoms with Crippen LogP contribution < -0.4 is 0 Å². The average Bonchev–Trinajstić information content (AvgIpc) is 2.34. The highest BCUT2D eigenvalue weighted by Gasteiger charge is 2.31. The number of hydrogen-bond acceptors (Lipinski definition) is 3. The molecule has 1 atom stereocenters. The van der Waals surface area contributed by atoms with Crippen LogP contribution in [0.3, 0.4) is 0 Å². The second-order valence-corrected chi connectivity index (χ2v) is 4.27. The molecule has 5 nitrogen and oxygen atoms in total. The summed E-state index contributed by atoms with van der Waals surface area (Å²) < 4.78 is 4.97. The van der Waals surface area contributed by atoms with E-state index in [2.05, 4.69) is 0 Å². The van der Waals surface area contributed by atoms with Crippen molar-refractivity contribution in [1.82, 2.24) is 4.90 Å². The van der Waals surface area contributed by atoms with E-state index in [-0.39, 0.29) is 12.5 Å². The van der Waals surface area contributed by atoms with Crippen LogP contribution in [0.15, 0.2) is 30.3 Å². The first-order valence-corrected chi connectivity index (χ1v) is 5.86. The molecule has 18 heavy (non-hydrogen) atoms. The Balaban J connectivity index is 2.10. The third kappa shape index (κ3) is 3.00. The van der Waals surface area contributed by atoms with Gasteiger partial charge in [-0.1, -0.05) is 30.3 Å². The lowest BCUT2D eigenvalue weighted by molar-refractivity contribution is -0.138. The number of carboxylic acid groups (broad SMARTS) is 1. The molecule has 0 radical (unpaired) electrons. The Labute approximate surface area is 105 Å². The van der Waals surface area contributed by atoms with Crippen molar-refractivity contribution < 1.29 is 19.4 Å². The van der Waals surface area contributed by atoms with Crippen molar-refractivity contribution in [1.29, 1.82) is 0 Å². The number of carboxylic acids is 1. The molecule has 0 saturated carbocycles. The van der Waals surface area contributed by atoms with Gasteiger partial charge in [0.25, 0.3) is 0 Å². The third-order valence-electron chi connectivity index (χ3n) is 2.96. The summed E-state index contributed by atoms with van der Waals surface area (Å²) in [6, 6.07) is 9.18. The Morgan fingerprint density at radius 2 is 2.11 bits per heavy atom. The normalized spacial score (nSPS) is 19.4. The Morgan fingerprint density at radius 3 is 2.78 bits per heavy atom. The molecule has 5 heteroatoms. The minimum atomic E-state index is -0.896. The van der Waals surface area contributed by atoms with Gasteiger partial charge in [-0.25, -0.2) is 4.79 Å².